The summed E-state index contributed by atoms with van der Waals surface area (Å²) in [4.78, 5) is 14.0. The first-order valence-electron chi connectivity index (χ1n) is 6.02. The van der Waals surface area contributed by atoms with Crippen LogP contribution >= 0.6 is 0 Å². The van der Waals surface area contributed by atoms with Crippen molar-refractivity contribution in [2.24, 2.45) is 0 Å². The van der Waals surface area contributed by atoms with Gasteiger partial charge in [0.2, 0.25) is 0 Å². The Hall–Kier alpha value is -1.20. The zero-order valence-corrected chi connectivity index (χ0v) is 10.5. The highest BCUT2D eigenvalue weighted by molar-refractivity contribution is 5.13. The third-order valence-corrected chi connectivity index (χ3v) is 3.17. The zero-order chi connectivity index (χ0) is 12.3. The molecule has 5 nitrogen and oxygen atoms in total. The minimum Gasteiger partial charge on any atom is -0.379 e. The Kier molecular flexibility index (Phi) is 3.91. The van der Waals surface area contributed by atoms with Gasteiger partial charge in [-0.05, 0) is 19.4 Å². The average Bonchev–Trinajstić information content (AvgIpc) is 2.33. The van der Waals surface area contributed by atoms with Crippen LogP contribution in [0.2, 0.25) is 0 Å². The largest absolute Gasteiger partial charge is 0.379 e. The van der Waals surface area contributed by atoms with Crippen LogP contribution in [0, 0.1) is 13.8 Å². The molecule has 1 aliphatic rings. The molecular weight excluding hydrogens is 218 g/mol. The van der Waals surface area contributed by atoms with Gasteiger partial charge in [-0.1, -0.05) is 0 Å². The van der Waals surface area contributed by atoms with Gasteiger partial charge in [-0.15, -0.1) is 0 Å². The van der Waals surface area contributed by atoms with Gasteiger partial charge in [0.15, 0.2) is 0 Å². The number of morpholine rings is 1. The molecule has 0 spiro atoms. The molecular formula is C12H19N3O2. The van der Waals surface area contributed by atoms with Gasteiger partial charge in [0.05, 0.1) is 25.5 Å². The van der Waals surface area contributed by atoms with E-state index in [4.69, 9.17) is 4.74 Å². The molecule has 0 aliphatic carbocycles. The summed E-state index contributed by atoms with van der Waals surface area (Å²) in [5.41, 5.74) is 1.87. The fourth-order valence-electron chi connectivity index (χ4n) is 1.89. The lowest BCUT2D eigenvalue weighted by Gasteiger charge is -2.26. The highest BCUT2D eigenvalue weighted by Crippen LogP contribution is 1.99. The summed E-state index contributed by atoms with van der Waals surface area (Å²) >= 11 is 0. The van der Waals surface area contributed by atoms with Crippen LogP contribution in [0.1, 0.15) is 11.3 Å². The molecule has 0 bridgehead atoms. The van der Waals surface area contributed by atoms with E-state index >= 15 is 0 Å². The summed E-state index contributed by atoms with van der Waals surface area (Å²) in [7, 11) is 0. The average molecular weight is 237 g/mol. The molecule has 94 valence electrons. The van der Waals surface area contributed by atoms with Gasteiger partial charge in [-0.3, -0.25) is 9.69 Å². The molecule has 17 heavy (non-hydrogen) atoms. The highest BCUT2D eigenvalue weighted by Gasteiger charge is 2.10. The maximum atomic E-state index is 11.7. The monoisotopic (exact) mass is 237 g/mol. The van der Waals surface area contributed by atoms with E-state index in [1.54, 1.807) is 10.7 Å². The van der Waals surface area contributed by atoms with Crippen LogP contribution in [0.3, 0.4) is 0 Å². The molecule has 0 radical (unpaired) electrons. The predicted octanol–water partition coefficient (Wildman–Crippen LogP) is 0.192. The summed E-state index contributed by atoms with van der Waals surface area (Å²) < 4.78 is 6.84. The predicted molar refractivity (Wildman–Crippen MR) is 65.2 cm³/mol. The van der Waals surface area contributed by atoms with Crippen LogP contribution in [0.4, 0.5) is 0 Å². The van der Waals surface area contributed by atoms with Crippen molar-refractivity contribution in [3.8, 4) is 0 Å². The molecule has 2 rings (SSSR count). The van der Waals surface area contributed by atoms with Crippen molar-refractivity contribution in [2.45, 2.75) is 20.4 Å². The van der Waals surface area contributed by atoms with Crippen molar-refractivity contribution in [3.05, 3.63) is 27.7 Å². The van der Waals surface area contributed by atoms with Crippen LogP contribution in [0.15, 0.2) is 10.9 Å². The number of hydrogen-bond acceptors (Lipinski definition) is 4. The normalized spacial score (nSPS) is 17.3. The highest BCUT2D eigenvalue weighted by atomic mass is 16.5. The SMILES string of the molecule is Cc1cc(=O)n(CCN2CCOCC2)nc1C. The van der Waals surface area contributed by atoms with Gasteiger partial charge >= 0.3 is 0 Å². The lowest BCUT2D eigenvalue weighted by molar-refractivity contribution is 0.0357. The van der Waals surface area contributed by atoms with Crippen LogP contribution in [-0.4, -0.2) is 47.5 Å². The van der Waals surface area contributed by atoms with Crippen molar-refractivity contribution >= 4 is 0 Å². The van der Waals surface area contributed by atoms with Crippen molar-refractivity contribution in [1.82, 2.24) is 14.7 Å². The van der Waals surface area contributed by atoms with Gasteiger partial charge in [-0.2, -0.15) is 5.10 Å². The van der Waals surface area contributed by atoms with Crippen LogP contribution in [0.25, 0.3) is 0 Å². The molecule has 0 unspecified atom stereocenters. The van der Waals surface area contributed by atoms with Gasteiger partial charge < -0.3 is 4.74 Å². The number of aromatic nitrogens is 2. The van der Waals surface area contributed by atoms with E-state index < -0.39 is 0 Å². The van der Waals surface area contributed by atoms with E-state index in [0.29, 0.717) is 6.54 Å². The lowest BCUT2D eigenvalue weighted by atomic mass is 10.2. The summed E-state index contributed by atoms with van der Waals surface area (Å²) in [5, 5.41) is 4.30. The van der Waals surface area contributed by atoms with Crippen molar-refractivity contribution in [3.63, 3.8) is 0 Å². The molecule has 0 amide bonds. The molecule has 1 aromatic heterocycles. The molecule has 2 heterocycles. The second-order valence-electron chi connectivity index (χ2n) is 4.43. The van der Waals surface area contributed by atoms with Gasteiger partial charge in [0.25, 0.3) is 5.56 Å². The molecule has 0 atom stereocenters. The molecule has 0 N–H and O–H groups in total. The van der Waals surface area contributed by atoms with Crippen molar-refractivity contribution in [2.75, 3.05) is 32.8 Å². The Morgan fingerprint density at radius 1 is 1.29 bits per heavy atom. The van der Waals surface area contributed by atoms with Crippen LogP contribution in [-0.2, 0) is 11.3 Å². The number of hydrogen-bond donors (Lipinski definition) is 0. The Labute approximate surface area is 101 Å². The Balaban J connectivity index is 1.98. The smallest absolute Gasteiger partial charge is 0.267 e. The molecule has 1 saturated heterocycles. The van der Waals surface area contributed by atoms with E-state index in [0.717, 1.165) is 44.1 Å². The first-order chi connectivity index (χ1) is 8.16. The summed E-state index contributed by atoms with van der Waals surface area (Å²) in [5.74, 6) is 0. The molecule has 0 aromatic carbocycles. The Morgan fingerprint density at radius 2 is 2.00 bits per heavy atom. The van der Waals surface area contributed by atoms with E-state index in [1.165, 1.54) is 0 Å². The van der Waals surface area contributed by atoms with Crippen LogP contribution < -0.4 is 5.56 Å². The van der Waals surface area contributed by atoms with E-state index in [-0.39, 0.29) is 5.56 Å². The number of rotatable bonds is 3. The standard InChI is InChI=1S/C12H19N3O2/c1-10-9-12(16)15(13-11(10)2)4-3-14-5-7-17-8-6-14/h9H,3-8H2,1-2H3. The number of ether oxygens (including phenoxy) is 1. The maximum Gasteiger partial charge on any atom is 0.267 e. The number of aryl methyl sites for hydroxylation is 2. The molecule has 1 fully saturated rings. The second-order valence-corrected chi connectivity index (χ2v) is 4.43. The first kappa shape index (κ1) is 12.3. The quantitative estimate of drug-likeness (QED) is 0.753. The summed E-state index contributed by atoms with van der Waals surface area (Å²) in [6, 6.07) is 1.65. The minimum atomic E-state index is -0.0126. The van der Waals surface area contributed by atoms with Crippen molar-refractivity contribution < 1.29 is 4.74 Å². The second kappa shape index (κ2) is 5.42. The van der Waals surface area contributed by atoms with E-state index in [2.05, 4.69) is 10.00 Å². The van der Waals surface area contributed by atoms with Gasteiger partial charge in [0, 0.05) is 25.7 Å². The van der Waals surface area contributed by atoms with Gasteiger partial charge in [0.1, 0.15) is 0 Å². The van der Waals surface area contributed by atoms with E-state index in [9.17, 15) is 4.79 Å². The maximum absolute atomic E-state index is 11.7. The lowest BCUT2D eigenvalue weighted by Crippen LogP contribution is -2.39. The molecule has 0 saturated carbocycles. The Morgan fingerprint density at radius 3 is 2.71 bits per heavy atom. The van der Waals surface area contributed by atoms with Crippen LogP contribution in [0.5, 0.6) is 0 Å². The first-order valence-corrected chi connectivity index (χ1v) is 6.02. The third kappa shape index (κ3) is 3.14. The molecule has 1 aliphatic heterocycles. The fourth-order valence-corrected chi connectivity index (χ4v) is 1.89. The Bertz CT molecular complexity index is 436. The minimum absolute atomic E-state index is 0.0126. The van der Waals surface area contributed by atoms with Gasteiger partial charge in [-0.25, -0.2) is 4.68 Å². The summed E-state index contributed by atoms with van der Waals surface area (Å²) in [6.45, 7) is 8.82. The van der Waals surface area contributed by atoms with Crippen molar-refractivity contribution in [1.29, 1.82) is 0 Å². The third-order valence-electron chi connectivity index (χ3n) is 3.17. The summed E-state index contributed by atoms with van der Waals surface area (Å²) in [6.07, 6.45) is 0. The molecule has 5 heteroatoms. The fraction of sp³-hybridized carbons (Fsp3) is 0.667. The van der Waals surface area contributed by atoms with E-state index in [1.807, 2.05) is 13.8 Å². The topological polar surface area (TPSA) is 47.4 Å². The number of nitrogens with zero attached hydrogens (tertiary/aromatic N) is 3. The zero-order valence-electron chi connectivity index (χ0n) is 10.5. The molecule has 1 aromatic rings.